The number of carbonyl (C=O) groups is 1. The minimum atomic E-state index is -0.553. The molecule has 0 aliphatic heterocycles. The Morgan fingerprint density at radius 2 is 2.16 bits per heavy atom. The lowest BCUT2D eigenvalue weighted by atomic mass is 10.1. The van der Waals surface area contributed by atoms with Crippen LogP contribution < -0.4 is 5.32 Å². The zero-order valence-electron chi connectivity index (χ0n) is 10.7. The number of aryl methyl sites for hydroxylation is 1. The lowest BCUT2D eigenvalue weighted by Gasteiger charge is -2.11. The van der Waals surface area contributed by atoms with Gasteiger partial charge in [-0.15, -0.1) is 0 Å². The van der Waals surface area contributed by atoms with Crippen molar-refractivity contribution in [2.45, 2.75) is 19.4 Å². The standard InChI is InChI=1S/C14H16N2O2S/c1-10-12(9-19-16-10)14(18)15-8-7-13(17)11-5-3-2-4-6-11/h2-6,9,13,17H,7-8H2,1H3,(H,15,18). The van der Waals surface area contributed by atoms with Crippen molar-refractivity contribution in [3.63, 3.8) is 0 Å². The van der Waals surface area contributed by atoms with Gasteiger partial charge in [0.15, 0.2) is 0 Å². The molecule has 1 unspecified atom stereocenters. The number of nitrogens with zero attached hydrogens (tertiary/aromatic N) is 1. The van der Waals surface area contributed by atoms with Gasteiger partial charge in [-0.05, 0) is 30.4 Å². The predicted octanol–water partition coefficient (Wildman–Crippen LogP) is 2.31. The van der Waals surface area contributed by atoms with Crippen LogP contribution >= 0.6 is 11.5 Å². The van der Waals surface area contributed by atoms with Crippen LogP contribution in [0.15, 0.2) is 35.7 Å². The van der Waals surface area contributed by atoms with E-state index in [-0.39, 0.29) is 5.91 Å². The summed E-state index contributed by atoms with van der Waals surface area (Å²) in [5.74, 6) is -0.133. The molecule has 1 aromatic carbocycles. The Balaban J connectivity index is 1.81. The third kappa shape index (κ3) is 3.62. The van der Waals surface area contributed by atoms with Gasteiger partial charge in [-0.3, -0.25) is 4.79 Å². The minimum Gasteiger partial charge on any atom is -0.388 e. The molecule has 0 aliphatic rings. The van der Waals surface area contributed by atoms with E-state index in [2.05, 4.69) is 9.69 Å². The smallest absolute Gasteiger partial charge is 0.254 e. The lowest BCUT2D eigenvalue weighted by molar-refractivity contribution is 0.0942. The molecule has 2 N–H and O–H groups in total. The third-order valence-corrected chi connectivity index (χ3v) is 3.60. The van der Waals surface area contributed by atoms with Gasteiger partial charge in [0.05, 0.1) is 17.4 Å². The number of hydrogen-bond donors (Lipinski definition) is 2. The molecule has 1 heterocycles. The highest BCUT2D eigenvalue weighted by atomic mass is 32.1. The number of aliphatic hydroxyl groups excluding tert-OH is 1. The van der Waals surface area contributed by atoms with Crippen molar-refractivity contribution in [2.75, 3.05) is 6.54 Å². The van der Waals surface area contributed by atoms with Gasteiger partial charge < -0.3 is 10.4 Å². The quantitative estimate of drug-likeness (QED) is 0.881. The molecule has 0 bridgehead atoms. The van der Waals surface area contributed by atoms with E-state index in [1.165, 1.54) is 11.5 Å². The molecule has 0 saturated carbocycles. The Morgan fingerprint density at radius 3 is 2.79 bits per heavy atom. The molecule has 19 heavy (non-hydrogen) atoms. The summed E-state index contributed by atoms with van der Waals surface area (Å²) in [5, 5.41) is 14.5. The highest BCUT2D eigenvalue weighted by Crippen LogP contribution is 2.15. The summed E-state index contributed by atoms with van der Waals surface area (Å²) in [7, 11) is 0. The van der Waals surface area contributed by atoms with Crippen LogP contribution in [0.3, 0.4) is 0 Å². The summed E-state index contributed by atoms with van der Waals surface area (Å²) in [6, 6.07) is 9.43. The van der Waals surface area contributed by atoms with E-state index in [1.807, 2.05) is 37.3 Å². The van der Waals surface area contributed by atoms with E-state index in [0.29, 0.717) is 18.5 Å². The Hall–Kier alpha value is -1.72. The number of aliphatic hydroxyl groups is 1. The van der Waals surface area contributed by atoms with Crippen molar-refractivity contribution in [1.82, 2.24) is 9.69 Å². The average Bonchev–Trinajstić information content (AvgIpc) is 2.86. The first-order valence-electron chi connectivity index (χ1n) is 6.10. The maximum Gasteiger partial charge on any atom is 0.254 e. The number of carbonyl (C=O) groups excluding carboxylic acids is 1. The van der Waals surface area contributed by atoms with Crippen molar-refractivity contribution in [3.8, 4) is 0 Å². The third-order valence-electron chi connectivity index (χ3n) is 2.88. The molecule has 1 aromatic heterocycles. The van der Waals surface area contributed by atoms with Gasteiger partial charge in [0.2, 0.25) is 0 Å². The van der Waals surface area contributed by atoms with Crippen LogP contribution in [0.2, 0.25) is 0 Å². The Morgan fingerprint density at radius 1 is 1.42 bits per heavy atom. The van der Waals surface area contributed by atoms with Crippen LogP contribution in [0, 0.1) is 6.92 Å². The van der Waals surface area contributed by atoms with Gasteiger partial charge in [-0.2, -0.15) is 4.37 Å². The summed E-state index contributed by atoms with van der Waals surface area (Å²) >= 11 is 1.27. The van der Waals surface area contributed by atoms with Crippen molar-refractivity contribution in [2.24, 2.45) is 0 Å². The molecule has 1 atom stereocenters. The molecule has 4 nitrogen and oxygen atoms in total. The molecule has 0 spiro atoms. The number of amides is 1. The van der Waals surface area contributed by atoms with Crippen molar-refractivity contribution >= 4 is 17.4 Å². The van der Waals surface area contributed by atoms with Crippen molar-refractivity contribution < 1.29 is 9.90 Å². The Bertz CT molecular complexity index is 539. The van der Waals surface area contributed by atoms with Crippen LogP contribution in [0.1, 0.15) is 34.1 Å². The van der Waals surface area contributed by atoms with Gasteiger partial charge in [0.1, 0.15) is 0 Å². The minimum absolute atomic E-state index is 0.133. The highest BCUT2D eigenvalue weighted by molar-refractivity contribution is 7.03. The molecule has 0 saturated heterocycles. The second-order valence-corrected chi connectivity index (χ2v) is 4.91. The average molecular weight is 276 g/mol. The molecule has 2 rings (SSSR count). The molecule has 0 radical (unpaired) electrons. The Labute approximate surface area is 116 Å². The first-order valence-corrected chi connectivity index (χ1v) is 6.94. The fraction of sp³-hybridized carbons (Fsp3) is 0.286. The molecule has 2 aromatic rings. The molecular formula is C14H16N2O2S. The summed E-state index contributed by atoms with van der Waals surface area (Å²) in [4.78, 5) is 11.8. The maximum atomic E-state index is 11.8. The second kappa shape index (κ2) is 6.45. The first kappa shape index (κ1) is 13.7. The van der Waals surface area contributed by atoms with Crippen LogP contribution in [-0.2, 0) is 0 Å². The Kier molecular flexibility index (Phi) is 4.65. The monoisotopic (exact) mass is 276 g/mol. The van der Waals surface area contributed by atoms with E-state index in [4.69, 9.17) is 0 Å². The lowest BCUT2D eigenvalue weighted by Crippen LogP contribution is -2.25. The highest BCUT2D eigenvalue weighted by Gasteiger charge is 2.12. The SMILES string of the molecule is Cc1nscc1C(=O)NCCC(O)c1ccccc1. The zero-order chi connectivity index (χ0) is 13.7. The van der Waals surface area contributed by atoms with E-state index in [0.717, 1.165) is 11.3 Å². The number of hydrogen-bond acceptors (Lipinski definition) is 4. The number of nitrogens with one attached hydrogen (secondary N) is 1. The van der Waals surface area contributed by atoms with E-state index >= 15 is 0 Å². The van der Waals surface area contributed by atoms with Gasteiger partial charge in [0.25, 0.3) is 5.91 Å². The normalized spacial score (nSPS) is 12.1. The fourth-order valence-electron chi connectivity index (χ4n) is 1.77. The molecule has 0 fully saturated rings. The largest absolute Gasteiger partial charge is 0.388 e. The van der Waals surface area contributed by atoms with E-state index in [1.54, 1.807) is 5.38 Å². The fourth-order valence-corrected chi connectivity index (χ4v) is 2.46. The van der Waals surface area contributed by atoms with E-state index in [9.17, 15) is 9.90 Å². The molecule has 100 valence electrons. The van der Waals surface area contributed by atoms with Crippen LogP contribution in [0.5, 0.6) is 0 Å². The maximum absolute atomic E-state index is 11.8. The van der Waals surface area contributed by atoms with Crippen molar-refractivity contribution in [1.29, 1.82) is 0 Å². The second-order valence-electron chi connectivity index (χ2n) is 4.28. The molecular weight excluding hydrogens is 260 g/mol. The number of benzene rings is 1. The van der Waals surface area contributed by atoms with Gasteiger partial charge >= 0.3 is 0 Å². The predicted molar refractivity (Wildman–Crippen MR) is 75.2 cm³/mol. The van der Waals surface area contributed by atoms with Gasteiger partial charge in [-0.1, -0.05) is 30.3 Å². The van der Waals surface area contributed by atoms with Crippen LogP contribution in [-0.4, -0.2) is 21.9 Å². The first-order chi connectivity index (χ1) is 9.18. The summed E-state index contributed by atoms with van der Waals surface area (Å²) < 4.78 is 4.06. The van der Waals surface area contributed by atoms with Crippen molar-refractivity contribution in [3.05, 3.63) is 52.5 Å². The van der Waals surface area contributed by atoms with Crippen LogP contribution in [0.4, 0.5) is 0 Å². The van der Waals surface area contributed by atoms with Gasteiger partial charge in [-0.25, -0.2) is 0 Å². The molecule has 5 heteroatoms. The summed E-state index contributed by atoms with van der Waals surface area (Å²) in [6.45, 7) is 2.24. The van der Waals surface area contributed by atoms with Gasteiger partial charge in [0, 0.05) is 11.9 Å². The molecule has 1 amide bonds. The molecule has 0 aliphatic carbocycles. The summed E-state index contributed by atoms with van der Waals surface area (Å²) in [5.41, 5.74) is 2.22. The zero-order valence-corrected chi connectivity index (χ0v) is 11.5. The summed E-state index contributed by atoms with van der Waals surface area (Å²) in [6.07, 6.45) is -0.0602. The van der Waals surface area contributed by atoms with Crippen LogP contribution in [0.25, 0.3) is 0 Å². The number of aromatic nitrogens is 1. The number of rotatable bonds is 5. The topological polar surface area (TPSA) is 62.2 Å². The van der Waals surface area contributed by atoms with E-state index < -0.39 is 6.10 Å².